The molecule has 1 unspecified atom stereocenters. The number of ketones is 1. The van der Waals surface area contributed by atoms with Crippen molar-refractivity contribution in [3.63, 3.8) is 0 Å². The Morgan fingerprint density at radius 3 is 2.48 bits per heavy atom. The topological polar surface area (TPSA) is 48.6 Å². The summed E-state index contributed by atoms with van der Waals surface area (Å²) in [5.41, 5.74) is 5.15. The van der Waals surface area contributed by atoms with E-state index in [2.05, 4.69) is 39.0 Å². The fourth-order valence-corrected chi connectivity index (χ4v) is 4.78. The van der Waals surface area contributed by atoms with Gasteiger partial charge in [0.05, 0.1) is 19.3 Å². The SMILES string of the molecule is CN(Cc1ccccc1N1CCOCC1)C(C(=O)c1c[nH]c2ccccc12)c1ccccc1. The van der Waals surface area contributed by atoms with Gasteiger partial charge in [0.25, 0.3) is 0 Å². The fraction of sp³-hybridized carbons (Fsp3) is 0.250. The highest BCUT2D eigenvalue weighted by Gasteiger charge is 2.29. The lowest BCUT2D eigenvalue weighted by atomic mass is 9.95. The molecular weight excluding hydrogens is 410 g/mol. The minimum atomic E-state index is -0.386. The number of Topliss-reactive ketones (excluding diaryl/α,β-unsaturated/α-hetero) is 1. The molecule has 1 aliphatic heterocycles. The van der Waals surface area contributed by atoms with Crippen molar-refractivity contribution < 1.29 is 9.53 Å². The van der Waals surface area contributed by atoms with E-state index in [0.29, 0.717) is 6.54 Å². The average Bonchev–Trinajstić information content (AvgIpc) is 3.30. The third-order valence-corrected chi connectivity index (χ3v) is 6.42. The quantitative estimate of drug-likeness (QED) is 0.409. The standard InChI is InChI=1S/C28H29N3O2/c1-30(20-22-11-5-8-14-26(22)31-15-17-33-18-16-31)27(21-9-3-2-4-10-21)28(32)24-19-29-25-13-7-6-12-23(24)25/h2-14,19,27,29H,15-18,20H2,1H3. The van der Waals surface area contributed by atoms with Crippen LogP contribution in [-0.4, -0.2) is 49.0 Å². The molecule has 3 aromatic carbocycles. The van der Waals surface area contributed by atoms with Crippen LogP contribution in [0, 0.1) is 0 Å². The summed E-state index contributed by atoms with van der Waals surface area (Å²) in [5.74, 6) is 0.102. The zero-order valence-corrected chi connectivity index (χ0v) is 18.9. The summed E-state index contributed by atoms with van der Waals surface area (Å²) in [7, 11) is 2.04. The molecule has 1 N–H and O–H groups in total. The van der Waals surface area contributed by atoms with E-state index < -0.39 is 0 Å². The maximum absolute atomic E-state index is 14.0. The Kier molecular flexibility index (Phi) is 6.24. The van der Waals surface area contributed by atoms with Crippen LogP contribution in [0.15, 0.2) is 85.1 Å². The zero-order chi connectivity index (χ0) is 22.6. The number of rotatable bonds is 7. The number of aromatic nitrogens is 1. The molecule has 0 saturated carbocycles. The molecule has 0 aliphatic carbocycles. The summed E-state index contributed by atoms with van der Waals surface area (Å²) in [6.07, 6.45) is 1.85. The number of likely N-dealkylation sites (N-methyl/N-ethyl adjacent to an activating group) is 1. The van der Waals surface area contributed by atoms with Crippen molar-refractivity contribution in [3.8, 4) is 0 Å². The number of nitrogens with one attached hydrogen (secondary N) is 1. The molecule has 33 heavy (non-hydrogen) atoms. The zero-order valence-electron chi connectivity index (χ0n) is 18.9. The van der Waals surface area contributed by atoms with Gasteiger partial charge in [0.15, 0.2) is 5.78 Å². The highest BCUT2D eigenvalue weighted by Crippen LogP contribution is 2.31. The Bertz CT molecular complexity index is 1230. The first-order valence-electron chi connectivity index (χ1n) is 11.5. The summed E-state index contributed by atoms with van der Waals surface area (Å²) in [5, 5.41) is 0.963. The van der Waals surface area contributed by atoms with Gasteiger partial charge in [0.1, 0.15) is 0 Å². The highest BCUT2D eigenvalue weighted by atomic mass is 16.5. The maximum Gasteiger partial charge on any atom is 0.186 e. The second kappa shape index (κ2) is 9.61. The van der Waals surface area contributed by atoms with Crippen LogP contribution in [-0.2, 0) is 11.3 Å². The van der Waals surface area contributed by atoms with Crippen molar-refractivity contribution in [2.45, 2.75) is 12.6 Å². The lowest BCUT2D eigenvalue weighted by molar-refractivity contribution is 0.0845. The number of benzene rings is 3. The van der Waals surface area contributed by atoms with Crippen LogP contribution in [0.2, 0.25) is 0 Å². The number of carbonyl (C=O) groups excluding carboxylic acids is 1. The van der Waals surface area contributed by atoms with Crippen LogP contribution < -0.4 is 4.90 Å². The van der Waals surface area contributed by atoms with Crippen molar-refractivity contribution in [3.05, 3.63) is 102 Å². The van der Waals surface area contributed by atoms with Gasteiger partial charge < -0.3 is 14.6 Å². The number of fused-ring (bicyclic) bond motifs is 1. The Morgan fingerprint density at radius 2 is 1.67 bits per heavy atom. The molecule has 0 spiro atoms. The van der Waals surface area contributed by atoms with Gasteiger partial charge in [-0.05, 0) is 30.3 Å². The molecule has 0 bridgehead atoms. The largest absolute Gasteiger partial charge is 0.378 e. The van der Waals surface area contributed by atoms with Crippen LogP contribution in [0.25, 0.3) is 10.9 Å². The number of H-pyrrole nitrogens is 1. The van der Waals surface area contributed by atoms with Gasteiger partial charge in [0, 0.05) is 48.0 Å². The molecule has 5 rings (SSSR count). The molecule has 1 aromatic heterocycles. The molecule has 5 nitrogen and oxygen atoms in total. The Labute approximate surface area is 194 Å². The second-order valence-electron chi connectivity index (χ2n) is 8.57. The Hall–Kier alpha value is -3.41. The molecule has 5 heteroatoms. The molecule has 0 radical (unpaired) electrons. The molecule has 1 aliphatic rings. The van der Waals surface area contributed by atoms with Crippen LogP contribution in [0.4, 0.5) is 5.69 Å². The van der Waals surface area contributed by atoms with Crippen molar-refractivity contribution in [2.75, 3.05) is 38.3 Å². The van der Waals surface area contributed by atoms with E-state index in [0.717, 1.165) is 48.3 Å². The van der Waals surface area contributed by atoms with Gasteiger partial charge in [-0.2, -0.15) is 0 Å². The van der Waals surface area contributed by atoms with E-state index in [1.807, 2.05) is 67.8 Å². The van der Waals surface area contributed by atoms with E-state index in [9.17, 15) is 4.79 Å². The third-order valence-electron chi connectivity index (χ3n) is 6.42. The van der Waals surface area contributed by atoms with E-state index in [-0.39, 0.29) is 11.8 Å². The van der Waals surface area contributed by atoms with E-state index in [1.54, 1.807) is 0 Å². The molecule has 168 valence electrons. The van der Waals surface area contributed by atoms with Gasteiger partial charge in [-0.25, -0.2) is 0 Å². The van der Waals surface area contributed by atoms with Crippen molar-refractivity contribution >= 4 is 22.4 Å². The Balaban J connectivity index is 1.49. The lowest BCUT2D eigenvalue weighted by Crippen LogP contribution is -2.37. The van der Waals surface area contributed by atoms with Gasteiger partial charge in [-0.1, -0.05) is 66.7 Å². The molecular formula is C28H29N3O2. The summed E-state index contributed by atoms with van der Waals surface area (Å²) < 4.78 is 5.55. The molecule has 0 amide bonds. The molecule has 1 fully saturated rings. The van der Waals surface area contributed by atoms with Gasteiger partial charge in [-0.3, -0.25) is 9.69 Å². The number of anilines is 1. The summed E-state index contributed by atoms with van der Waals surface area (Å²) in [6, 6.07) is 26.2. The van der Waals surface area contributed by atoms with Gasteiger partial charge >= 0.3 is 0 Å². The highest BCUT2D eigenvalue weighted by molar-refractivity contribution is 6.10. The minimum Gasteiger partial charge on any atom is -0.378 e. The number of ether oxygens (including phenoxy) is 1. The number of aromatic amines is 1. The summed E-state index contributed by atoms with van der Waals surface area (Å²) in [4.78, 5) is 21.8. The number of carbonyl (C=O) groups is 1. The van der Waals surface area contributed by atoms with Crippen molar-refractivity contribution in [2.24, 2.45) is 0 Å². The van der Waals surface area contributed by atoms with Gasteiger partial charge in [0.2, 0.25) is 0 Å². The van der Waals surface area contributed by atoms with Crippen molar-refractivity contribution in [1.82, 2.24) is 9.88 Å². The first kappa shape index (κ1) is 21.4. The second-order valence-corrected chi connectivity index (χ2v) is 8.57. The number of hydrogen-bond acceptors (Lipinski definition) is 4. The van der Waals surface area contributed by atoms with Crippen LogP contribution in [0.5, 0.6) is 0 Å². The predicted octanol–water partition coefficient (Wildman–Crippen LogP) is 5.06. The summed E-state index contributed by atoms with van der Waals surface area (Å²) in [6.45, 7) is 3.93. The normalized spacial score (nSPS) is 15.2. The molecule has 1 atom stereocenters. The molecule has 2 heterocycles. The van der Waals surface area contributed by atoms with Gasteiger partial charge in [-0.15, -0.1) is 0 Å². The average molecular weight is 440 g/mol. The fourth-order valence-electron chi connectivity index (χ4n) is 4.78. The van der Waals surface area contributed by atoms with E-state index >= 15 is 0 Å². The first-order valence-corrected chi connectivity index (χ1v) is 11.5. The van der Waals surface area contributed by atoms with Crippen LogP contribution >= 0.6 is 0 Å². The minimum absolute atomic E-state index is 0.102. The van der Waals surface area contributed by atoms with Crippen molar-refractivity contribution in [1.29, 1.82) is 0 Å². The number of hydrogen-bond donors (Lipinski definition) is 1. The summed E-state index contributed by atoms with van der Waals surface area (Å²) >= 11 is 0. The maximum atomic E-state index is 14.0. The van der Waals surface area contributed by atoms with E-state index in [4.69, 9.17) is 4.74 Å². The van der Waals surface area contributed by atoms with Crippen LogP contribution in [0.3, 0.4) is 0 Å². The number of morpholine rings is 1. The monoisotopic (exact) mass is 439 g/mol. The third kappa shape index (κ3) is 4.42. The first-order chi connectivity index (χ1) is 16.2. The number of nitrogens with zero attached hydrogens (tertiary/aromatic N) is 2. The predicted molar refractivity (Wildman–Crippen MR) is 133 cm³/mol. The van der Waals surface area contributed by atoms with E-state index in [1.165, 1.54) is 11.3 Å². The lowest BCUT2D eigenvalue weighted by Gasteiger charge is -2.33. The molecule has 1 saturated heterocycles. The molecule has 4 aromatic rings. The number of para-hydroxylation sites is 2. The Morgan fingerprint density at radius 1 is 0.970 bits per heavy atom. The smallest absolute Gasteiger partial charge is 0.186 e. The van der Waals surface area contributed by atoms with Crippen LogP contribution in [0.1, 0.15) is 27.5 Å².